The summed E-state index contributed by atoms with van der Waals surface area (Å²) in [6.07, 6.45) is 2.13. The van der Waals surface area contributed by atoms with Gasteiger partial charge in [0.25, 0.3) is 0 Å². The molecule has 7 heteroatoms. The lowest BCUT2D eigenvalue weighted by molar-refractivity contribution is -0.143. The first kappa shape index (κ1) is 14.9. The second kappa shape index (κ2) is 8.02. The van der Waals surface area contributed by atoms with Gasteiger partial charge in [0.1, 0.15) is 6.04 Å². The monoisotopic (exact) mass is 260 g/mol. The predicted molar refractivity (Wildman–Crippen MR) is 63.1 cm³/mol. The normalized spacial score (nSPS) is 18.3. The van der Waals surface area contributed by atoms with Gasteiger partial charge in [-0.2, -0.15) is 0 Å². The van der Waals surface area contributed by atoms with Gasteiger partial charge in [-0.1, -0.05) is 0 Å². The van der Waals surface area contributed by atoms with Crippen molar-refractivity contribution in [1.29, 1.82) is 0 Å². The number of nitrogens with one attached hydrogen (secondary N) is 2. The molecule has 0 saturated carbocycles. The van der Waals surface area contributed by atoms with E-state index in [9.17, 15) is 9.59 Å². The number of hydrogen-bond donors (Lipinski definition) is 4. The smallest absolute Gasteiger partial charge is 0.328 e. The van der Waals surface area contributed by atoms with E-state index in [2.05, 4.69) is 10.6 Å². The van der Waals surface area contributed by atoms with E-state index in [1.165, 1.54) is 0 Å². The van der Waals surface area contributed by atoms with Gasteiger partial charge in [-0.25, -0.2) is 4.79 Å². The van der Waals surface area contributed by atoms with Crippen LogP contribution in [0.5, 0.6) is 0 Å². The highest BCUT2D eigenvalue weighted by molar-refractivity contribution is 5.83. The minimum Gasteiger partial charge on any atom is -0.480 e. The Morgan fingerprint density at radius 1 is 1.39 bits per heavy atom. The van der Waals surface area contributed by atoms with Gasteiger partial charge in [0, 0.05) is 6.42 Å². The molecular weight excluding hydrogens is 240 g/mol. The van der Waals surface area contributed by atoms with Crippen LogP contribution in [0.25, 0.3) is 0 Å². The molecule has 0 aromatic carbocycles. The van der Waals surface area contributed by atoms with Crippen LogP contribution in [0, 0.1) is 0 Å². The maximum Gasteiger partial charge on any atom is 0.328 e. The maximum atomic E-state index is 11.4. The number of carboxylic acid groups (broad SMARTS) is 1. The van der Waals surface area contributed by atoms with E-state index < -0.39 is 24.5 Å². The van der Waals surface area contributed by atoms with E-state index in [0.29, 0.717) is 0 Å². The zero-order valence-corrected chi connectivity index (χ0v) is 10.2. The molecule has 4 N–H and O–H groups in total. The van der Waals surface area contributed by atoms with Crippen LogP contribution in [-0.2, 0) is 14.3 Å². The molecule has 1 saturated heterocycles. The highest BCUT2D eigenvalue weighted by Gasteiger charge is 2.19. The summed E-state index contributed by atoms with van der Waals surface area (Å²) in [4.78, 5) is 22.0. The Balaban J connectivity index is 2.14. The van der Waals surface area contributed by atoms with Crippen molar-refractivity contribution in [3.63, 3.8) is 0 Å². The van der Waals surface area contributed by atoms with Crippen molar-refractivity contribution < 1.29 is 24.5 Å². The molecule has 1 heterocycles. The number of aliphatic hydroxyl groups is 1. The van der Waals surface area contributed by atoms with Crippen molar-refractivity contribution in [2.45, 2.75) is 31.4 Å². The molecule has 0 aromatic heterocycles. The minimum absolute atomic E-state index is 0.105. The fraction of sp³-hybridized carbons (Fsp3) is 0.818. The molecule has 1 aliphatic rings. The Kier molecular flexibility index (Phi) is 6.63. The molecule has 0 radical (unpaired) electrons. The Morgan fingerprint density at radius 3 is 2.61 bits per heavy atom. The van der Waals surface area contributed by atoms with E-state index >= 15 is 0 Å². The lowest BCUT2D eigenvalue weighted by Gasteiger charge is -2.22. The zero-order valence-electron chi connectivity index (χ0n) is 10.2. The molecule has 0 bridgehead atoms. The molecule has 0 spiro atoms. The summed E-state index contributed by atoms with van der Waals surface area (Å²) in [5.41, 5.74) is 0. The number of piperidine rings is 1. The lowest BCUT2D eigenvalue weighted by atomic mass is 10.1. The van der Waals surface area contributed by atoms with Gasteiger partial charge < -0.3 is 25.6 Å². The quantitative estimate of drug-likeness (QED) is 0.453. The van der Waals surface area contributed by atoms with Crippen molar-refractivity contribution in [3.8, 4) is 0 Å². The third kappa shape index (κ3) is 5.44. The molecule has 0 aliphatic carbocycles. The van der Waals surface area contributed by atoms with Crippen LogP contribution >= 0.6 is 0 Å². The van der Waals surface area contributed by atoms with E-state index in [-0.39, 0.29) is 19.1 Å². The van der Waals surface area contributed by atoms with Gasteiger partial charge in [-0.05, 0) is 25.9 Å². The van der Waals surface area contributed by atoms with Gasteiger partial charge in [0.05, 0.1) is 19.3 Å². The summed E-state index contributed by atoms with van der Waals surface area (Å²) in [5.74, 6) is -1.67. The average Bonchev–Trinajstić information content (AvgIpc) is 2.37. The second-order valence-corrected chi connectivity index (χ2v) is 4.21. The first-order valence-electron chi connectivity index (χ1n) is 6.09. The Bertz CT molecular complexity index is 279. The van der Waals surface area contributed by atoms with Crippen molar-refractivity contribution in [2.75, 3.05) is 26.3 Å². The number of carbonyl (C=O) groups is 2. The molecule has 1 atom stereocenters. The first-order valence-corrected chi connectivity index (χ1v) is 6.09. The van der Waals surface area contributed by atoms with Crippen molar-refractivity contribution in [2.24, 2.45) is 0 Å². The summed E-state index contributed by atoms with van der Waals surface area (Å²) < 4.78 is 5.52. The summed E-state index contributed by atoms with van der Waals surface area (Å²) in [6.45, 7) is 1.50. The van der Waals surface area contributed by atoms with Crippen molar-refractivity contribution >= 4 is 11.9 Å². The molecule has 1 rings (SSSR count). The van der Waals surface area contributed by atoms with Gasteiger partial charge in [-0.15, -0.1) is 0 Å². The Hall–Kier alpha value is -1.18. The molecule has 0 aromatic rings. The maximum absolute atomic E-state index is 11.4. The number of ether oxygens (including phenoxy) is 1. The van der Waals surface area contributed by atoms with Crippen LogP contribution in [0.4, 0.5) is 0 Å². The molecule has 1 amide bonds. The third-order valence-electron chi connectivity index (χ3n) is 2.78. The van der Waals surface area contributed by atoms with E-state index in [1.807, 2.05) is 0 Å². The highest BCUT2D eigenvalue weighted by Crippen LogP contribution is 2.07. The summed E-state index contributed by atoms with van der Waals surface area (Å²) in [7, 11) is 0. The predicted octanol–water partition coefficient (Wildman–Crippen LogP) is -1.29. The minimum atomic E-state index is -1.25. The molecule has 1 fully saturated rings. The van der Waals surface area contributed by atoms with Crippen LogP contribution in [0.15, 0.2) is 0 Å². The largest absolute Gasteiger partial charge is 0.480 e. The first-order chi connectivity index (χ1) is 8.63. The second-order valence-electron chi connectivity index (χ2n) is 4.21. The number of carboxylic acids is 1. The van der Waals surface area contributed by atoms with Gasteiger partial charge in [-0.3, -0.25) is 4.79 Å². The van der Waals surface area contributed by atoms with Crippen LogP contribution in [0.2, 0.25) is 0 Å². The standard InChI is InChI=1S/C11H20N2O5/c14-7-9(11(16)17)13-10(15)3-6-18-8-1-4-12-5-2-8/h8-9,12,14H,1-7H2,(H,13,15)(H,16,17)/t9-/m1/s1. The van der Waals surface area contributed by atoms with Crippen LogP contribution in [-0.4, -0.2) is 60.5 Å². The number of hydrogen-bond acceptors (Lipinski definition) is 5. The number of aliphatic hydroxyl groups excluding tert-OH is 1. The Labute approximate surface area is 106 Å². The van der Waals surface area contributed by atoms with Crippen molar-refractivity contribution in [3.05, 3.63) is 0 Å². The third-order valence-corrected chi connectivity index (χ3v) is 2.78. The van der Waals surface area contributed by atoms with Crippen molar-refractivity contribution in [1.82, 2.24) is 10.6 Å². The number of carbonyl (C=O) groups excluding carboxylic acids is 1. The molecule has 18 heavy (non-hydrogen) atoms. The zero-order chi connectivity index (χ0) is 13.4. The summed E-state index contributed by atoms with van der Waals surface area (Å²) in [5, 5.41) is 22.8. The Morgan fingerprint density at radius 2 is 2.06 bits per heavy atom. The van der Waals surface area contributed by atoms with E-state index in [1.54, 1.807) is 0 Å². The molecule has 7 nitrogen and oxygen atoms in total. The topological polar surface area (TPSA) is 108 Å². The van der Waals surface area contributed by atoms with Crippen LogP contribution in [0.3, 0.4) is 0 Å². The summed E-state index contributed by atoms with van der Waals surface area (Å²) >= 11 is 0. The van der Waals surface area contributed by atoms with E-state index in [0.717, 1.165) is 25.9 Å². The molecule has 1 aliphatic heterocycles. The number of amides is 1. The molecule has 104 valence electrons. The van der Waals surface area contributed by atoms with Gasteiger partial charge >= 0.3 is 5.97 Å². The lowest BCUT2D eigenvalue weighted by Crippen LogP contribution is -2.43. The fourth-order valence-electron chi connectivity index (χ4n) is 1.73. The van der Waals surface area contributed by atoms with Gasteiger partial charge in [0.15, 0.2) is 0 Å². The summed E-state index contributed by atoms with van der Waals surface area (Å²) in [6, 6.07) is -1.24. The van der Waals surface area contributed by atoms with Gasteiger partial charge in [0.2, 0.25) is 5.91 Å². The van der Waals surface area contributed by atoms with Crippen LogP contribution in [0.1, 0.15) is 19.3 Å². The number of rotatable bonds is 7. The fourth-order valence-corrected chi connectivity index (χ4v) is 1.73. The average molecular weight is 260 g/mol. The number of aliphatic carboxylic acids is 1. The van der Waals surface area contributed by atoms with E-state index in [4.69, 9.17) is 14.9 Å². The molecule has 0 unspecified atom stereocenters. The highest BCUT2D eigenvalue weighted by atomic mass is 16.5. The SMILES string of the molecule is O=C(CCOC1CCNCC1)N[C@H](CO)C(=O)O. The molecular formula is C11H20N2O5. The van der Waals surface area contributed by atoms with Crippen LogP contribution < -0.4 is 10.6 Å².